The monoisotopic (exact) mass is 312 g/mol. The smallest absolute Gasteiger partial charge is 0.188 e. The molecule has 0 spiro atoms. The van der Waals surface area contributed by atoms with Crippen molar-refractivity contribution in [3.05, 3.63) is 12.7 Å². The van der Waals surface area contributed by atoms with Crippen LogP contribution in [0.15, 0.2) is 12.7 Å². The summed E-state index contributed by atoms with van der Waals surface area (Å²) in [5.41, 5.74) is -0.873. The summed E-state index contributed by atoms with van der Waals surface area (Å²) in [6, 6.07) is 0. The van der Waals surface area contributed by atoms with Gasteiger partial charge in [-0.1, -0.05) is 13.0 Å². The molecule has 2 unspecified atom stereocenters. The molecule has 126 valence electrons. The molecule has 0 aromatic rings. The van der Waals surface area contributed by atoms with Crippen LogP contribution in [0, 0.1) is 5.41 Å². The van der Waals surface area contributed by atoms with E-state index in [0.717, 1.165) is 6.42 Å². The standard InChI is InChI=1S/C17H28O5/c1-8-9-16(6)12-13(21-15(4,5)20-12)22-17(16,7)11-10-18-14(2,3)19-11/h8,11-13H,1,9-10H2,2-7H3/t11?,12-,13-,16+,17?/m0/s1. The first-order valence-corrected chi connectivity index (χ1v) is 7.99. The molecule has 0 amide bonds. The highest BCUT2D eigenvalue weighted by Gasteiger charge is 2.69. The van der Waals surface area contributed by atoms with E-state index in [1.54, 1.807) is 0 Å². The fourth-order valence-corrected chi connectivity index (χ4v) is 3.93. The SMILES string of the molecule is C=CC[C@]1(C)[C@H]2OC(C)(C)O[C@H]2OC1(C)C1COC(C)(C)O1. The highest BCUT2D eigenvalue weighted by atomic mass is 16.8. The van der Waals surface area contributed by atoms with Gasteiger partial charge in [-0.2, -0.15) is 0 Å². The lowest BCUT2D eigenvalue weighted by atomic mass is 9.67. The topological polar surface area (TPSA) is 46.2 Å². The third kappa shape index (κ3) is 2.26. The van der Waals surface area contributed by atoms with Gasteiger partial charge < -0.3 is 23.7 Å². The number of rotatable bonds is 3. The van der Waals surface area contributed by atoms with Crippen LogP contribution < -0.4 is 0 Å². The van der Waals surface area contributed by atoms with Crippen molar-refractivity contribution in [2.45, 2.75) is 83.6 Å². The van der Waals surface area contributed by atoms with E-state index >= 15 is 0 Å². The van der Waals surface area contributed by atoms with Gasteiger partial charge >= 0.3 is 0 Å². The molecule has 3 aliphatic heterocycles. The van der Waals surface area contributed by atoms with E-state index in [2.05, 4.69) is 20.4 Å². The zero-order valence-electron chi connectivity index (χ0n) is 14.5. The molecule has 5 atom stereocenters. The molecule has 3 aliphatic rings. The van der Waals surface area contributed by atoms with Crippen molar-refractivity contribution in [1.29, 1.82) is 0 Å². The van der Waals surface area contributed by atoms with E-state index in [1.165, 1.54) is 0 Å². The van der Waals surface area contributed by atoms with Crippen LogP contribution in [0.1, 0.15) is 48.0 Å². The predicted molar refractivity (Wildman–Crippen MR) is 81.1 cm³/mol. The van der Waals surface area contributed by atoms with Crippen LogP contribution in [0.4, 0.5) is 0 Å². The maximum atomic E-state index is 6.35. The number of allylic oxidation sites excluding steroid dienone is 1. The molecule has 0 aromatic carbocycles. The molecular weight excluding hydrogens is 284 g/mol. The van der Waals surface area contributed by atoms with Gasteiger partial charge in [-0.3, -0.25) is 0 Å². The van der Waals surface area contributed by atoms with Crippen LogP contribution in [0.3, 0.4) is 0 Å². The molecule has 0 N–H and O–H groups in total. The first kappa shape index (κ1) is 16.4. The fraction of sp³-hybridized carbons (Fsp3) is 0.882. The summed E-state index contributed by atoms with van der Waals surface area (Å²) in [6.07, 6.45) is 1.95. The Labute approximate surface area is 132 Å². The highest BCUT2D eigenvalue weighted by Crippen LogP contribution is 2.58. The Kier molecular flexibility index (Phi) is 3.56. The number of fused-ring (bicyclic) bond motifs is 1. The van der Waals surface area contributed by atoms with Crippen molar-refractivity contribution in [2.75, 3.05) is 6.61 Å². The highest BCUT2D eigenvalue weighted by molar-refractivity contribution is 5.14. The van der Waals surface area contributed by atoms with E-state index in [0.29, 0.717) is 6.61 Å². The van der Waals surface area contributed by atoms with E-state index in [9.17, 15) is 0 Å². The lowest BCUT2D eigenvalue weighted by Crippen LogP contribution is -2.55. The molecule has 0 bridgehead atoms. The van der Waals surface area contributed by atoms with Crippen molar-refractivity contribution in [3.63, 3.8) is 0 Å². The minimum atomic E-state index is -0.634. The van der Waals surface area contributed by atoms with Gasteiger partial charge in [0.15, 0.2) is 17.9 Å². The Hall–Kier alpha value is -0.460. The Balaban J connectivity index is 1.93. The summed E-state index contributed by atoms with van der Waals surface area (Å²) < 4.78 is 30.3. The van der Waals surface area contributed by atoms with Crippen LogP contribution in [0.25, 0.3) is 0 Å². The molecule has 3 fully saturated rings. The average Bonchev–Trinajstić information content (AvgIpc) is 2.94. The number of hydrogen-bond acceptors (Lipinski definition) is 5. The number of hydrogen-bond donors (Lipinski definition) is 0. The summed E-state index contributed by atoms with van der Waals surface area (Å²) in [5.74, 6) is -1.23. The molecule has 0 aliphatic carbocycles. The van der Waals surface area contributed by atoms with Gasteiger partial charge in [0, 0.05) is 5.41 Å². The summed E-state index contributed by atoms with van der Waals surface area (Å²) in [5, 5.41) is 0. The lowest BCUT2D eigenvalue weighted by Gasteiger charge is -2.44. The molecule has 5 nitrogen and oxygen atoms in total. The fourth-order valence-electron chi connectivity index (χ4n) is 3.93. The lowest BCUT2D eigenvalue weighted by molar-refractivity contribution is -0.266. The normalized spacial score (nSPS) is 49.3. The molecule has 3 heterocycles. The third-order valence-electron chi connectivity index (χ3n) is 5.37. The van der Waals surface area contributed by atoms with Gasteiger partial charge in [0.25, 0.3) is 0 Å². The maximum absolute atomic E-state index is 6.35. The van der Waals surface area contributed by atoms with E-state index < -0.39 is 23.5 Å². The van der Waals surface area contributed by atoms with Crippen LogP contribution in [0.5, 0.6) is 0 Å². The van der Waals surface area contributed by atoms with E-state index in [-0.39, 0.29) is 17.6 Å². The largest absolute Gasteiger partial charge is 0.348 e. The van der Waals surface area contributed by atoms with Crippen LogP contribution in [-0.4, -0.2) is 42.3 Å². The zero-order valence-corrected chi connectivity index (χ0v) is 14.5. The van der Waals surface area contributed by atoms with Gasteiger partial charge in [0.1, 0.15) is 17.8 Å². The zero-order chi connectivity index (χ0) is 16.4. The van der Waals surface area contributed by atoms with E-state index in [4.69, 9.17) is 23.7 Å². The van der Waals surface area contributed by atoms with Gasteiger partial charge in [-0.25, -0.2) is 0 Å². The maximum Gasteiger partial charge on any atom is 0.188 e. The van der Waals surface area contributed by atoms with Crippen LogP contribution >= 0.6 is 0 Å². The van der Waals surface area contributed by atoms with Crippen LogP contribution in [-0.2, 0) is 23.7 Å². The van der Waals surface area contributed by atoms with Crippen molar-refractivity contribution in [2.24, 2.45) is 5.41 Å². The molecular formula is C17H28O5. The Morgan fingerprint density at radius 3 is 2.18 bits per heavy atom. The van der Waals surface area contributed by atoms with Gasteiger partial charge in [0.2, 0.25) is 0 Å². The molecule has 3 saturated heterocycles. The summed E-state index contributed by atoms with van der Waals surface area (Å²) in [6.45, 7) is 16.3. The van der Waals surface area contributed by atoms with Crippen molar-refractivity contribution >= 4 is 0 Å². The Morgan fingerprint density at radius 2 is 1.64 bits per heavy atom. The first-order chi connectivity index (χ1) is 10.0. The van der Waals surface area contributed by atoms with Crippen molar-refractivity contribution in [3.8, 4) is 0 Å². The molecule has 0 radical (unpaired) electrons. The summed E-state index contributed by atoms with van der Waals surface area (Å²) >= 11 is 0. The van der Waals surface area contributed by atoms with Gasteiger partial charge in [-0.05, 0) is 41.0 Å². The summed E-state index contributed by atoms with van der Waals surface area (Å²) in [7, 11) is 0. The molecule has 0 aromatic heterocycles. The van der Waals surface area contributed by atoms with Gasteiger partial charge in [0.05, 0.1) is 6.61 Å². The minimum absolute atomic E-state index is 0.155. The van der Waals surface area contributed by atoms with Crippen molar-refractivity contribution < 1.29 is 23.7 Å². The second kappa shape index (κ2) is 4.77. The Morgan fingerprint density at radius 1 is 0.955 bits per heavy atom. The quantitative estimate of drug-likeness (QED) is 0.750. The van der Waals surface area contributed by atoms with Crippen LogP contribution in [0.2, 0.25) is 0 Å². The van der Waals surface area contributed by atoms with Gasteiger partial charge in [-0.15, -0.1) is 6.58 Å². The average molecular weight is 312 g/mol. The third-order valence-corrected chi connectivity index (χ3v) is 5.37. The molecule has 5 heteroatoms. The predicted octanol–water partition coefficient (Wildman–Crippen LogP) is 2.99. The molecule has 3 rings (SSSR count). The molecule has 22 heavy (non-hydrogen) atoms. The molecule has 0 saturated carbocycles. The second-order valence-electron chi connectivity index (χ2n) is 7.88. The summed E-state index contributed by atoms with van der Waals surface area (Å²) in [4.78, 5) is 0. The second-order valence-corrected chi connectivity index (χ2v) is 7.88. The van der Waals surface area contributed by atoms with Crippen molar-refractivity contribution in [1.82, 2.24) is 0 Å². The van der Waals surface area contributed by atoms with E-state index in [1.807, 2.05) is 33.8 Å². The number of ether oxygens (including phenoxy) is 5. The Bertz CT molecular complexity index is 474. The first-order valence-electron chi connectivity index (χ1n) is 7.99. The minimum Gasteiger partial charge on any atom is -0.348 e.